The maximum absolute atomic E-state index is 3.72. The highest BCUT2D eigenvalue weighted by molar-refractivity contribution is 9.10. The van der Waals surface area contributed by atoms with Crippen molar-refractivity contribution in [1.29, 1.82) is 0 Å². The zero-order valence-corrected chi connectivity index (χ0v) is 15.5. The molecule has 1 aromatic rings. The van der Waals surface area contributed by atoms with E-state index in [4.69, 9.17) is 0 Å². The summed E-state index contributed by atoms with van der Waals surface area (Å²) in [4.78, 5) is 4.79. The fourth-order valence-corrected chi connectivity index (χ4v) is 3.83. The molecule has 21 heavy (non-hydrogen) atoms. The van der Waals surface area contributed by atoms with Crippen LogP contribution >= 0.6 is 15.9 Å². The van der Waals surface area contributed by atoms with Crippen LogP contribution in [-0.4, -0.2) is 45.2 Å². The topological polar surface area (TPSA) is 18.5 Å². The number of halogens is 1. The second-order valence-corrected chi connectivity index (χ2v) is 7.40. The summed E-state index contributed by atoms with van der Waals surface area (Å²) in [6.45, 7) is 3.27. The van der Waals surface area contributed by atoms with Crippen LogP contribution in [0.3, 0.4) is 0 Å². The molecule has 0 spiro atoms. The van der Waals surface area contributed by atoms with Gasteiger partial charge in [-0.25, -0.2) is 0 Å². The van der Waals surface area contributed by atoms with E-state index in [0.717, 1.165) is 6.54 Å². The molecule has 1 atom stereocenters. The first-order valence-electron chi connectivity index (χ1n) is 7.75. The van der Waals surface area contributed by atoms with Crippen molar-refractivity contribution in [3.8, 4) is 0 Å². The first-order chi connectivity index (χ1) is 9.89. The zero-order valence-electron chi connectivity index (χ0n) is 13.9. The summed E-state index contributed by atoms with van der Waals surface area (Å²) in [6.07, 6.45) is 3.97. The molecule has 0 radical (unpaired) electrons. The van der Waals surface area contributed by atoms with Crippen molar-refractivity contribution in [3.05, 3.63) is 28.2 Å². The first-order valence-corrected chi connectivity index (χ1v) is 8.54. The van der Waals surface area contributed by atoms with Gasteiger partial charge in [0, 0.05) is 35.3 Å². The average Bonchev–Trinajstić information content (AvgIpc) is 2.41. The van der Waals surface area contributed by atoms with E-state index in [1.807, 2.05) is 7.05 Å². The molecule has 118 valence electrons. The molecule has 1 aliphatic carbocycles. The Morgan fingerprint density at radius 3 is 2.38 bits per heavy atom. The average molecular weight is 354 g/mol. The third-order valence-corrected chi connectivity index (χ3v) is 5.78. The van der Waals surface area contributed by atoms with Crippen LogP contribution in [0.4, 0.5) is 5.69 Å². The molecule has 0 heterocycles. The Labute approximate surface area is 137 Å². The minimum absolute atomic E-state index is 0.359. The van der Waals surface area contributed by atoms with E-state index in [0.29, 0.717) is 11.6 Å². The number of nitrogens with zero attached hydrogens (tertiary/aromatic N) is 2. The Kier molecular flexibility index (Phi) is 5.33. The SMILES string of the molecule is CNC(C)c1ccc(N(C)CC2(N(C)C)CCC2)cc1Br. The van der Waals surface area contributed by atoms with Crippen LogP contribution in [0, 0.1) is 0 Å². The summed E-state index contributed by atoms with van der Waals surface area (Å²) in [6, 6.07) is 7.06. The van der Waals surface area contributed by atoms with Crippen LogP contribution in [0.25, 0.3) is 0 Å². The maximum atomic E-state index is 3.72. The van der Waals surface area contributed by atoms with Crippen molar-refractivity contribution < 1.29 is 0 Å². The Hall–Kier alpha value is -0.580. The zero-order chi connectivity index (χ0) is 15.6. The second-order valence-electron chi connectivity index (χ2n) is 6.54. The molecular weight excluding hydrogens is 326 g/mol. The van der Waals surface area contributed by atoms with Crippen molar-refractivity contribution >= 4 is 21.6 Å². The molecule has 2 rings (SSSR count). The van der Waals surface area contributed by atoms with Gasteiger partial charge in [-0.05, 0) is 65.0 Å². The number of benzene rings is 1. The quantitative estimate of drug-likeness (QED) is 0.841. The summed E-state index contributed by atoms with van der Waals surface area (Å²) in [7, 11) is 8.61. The third-order valence-electron chi connectivity index (χ3n) is 5.09. The summed E-state index contributed by atoms with van der Waals surface area (Å²) >= 11 is 3.72. The lowest BCUT2D eigenvalue weighted by atomic mass is 9.75. The summed E-state index contributed by atoms with van der Waals surface area (Å²) in [5.74, 6) is 0. The van der Waals surface area contributed by atoms with Gasteiger partial charge in [0.1, 0.15) is 0 Å². The van der Waals surface area contributed by atoms with E-state index in [1.165, 1.54) is 35.0 Å². The van der Waals surface area contributed by atoms with Crippen molar-refractivity contribution in [3.63, 3.8) is 0 Å². The van der Waals surface area contributed by atoms with Gasteiger partial charge >= 0.3 is 0 Å². The molecule has 1 fully saturated rings. The highest BCUT2D eigenvalue weighted by atomic mass is 79.9. The molecule has 0 amide bonds. The maximum Gasteiger partial charge on any atom is 0.0378 e. The van der Waals surface area contributed by atoms with Gasteiger partial charge in [-0.1, -0.05) is 22.0 Å². The standard InChI is InChI=1S/C17H28BrN3/c1-13(19-2)15-8-7-14(11-16(15)18)21(5)12-17(20(3)4)9-6-10-17/h7-8,11,13,19H,6,9-10,12H2,1-5H3. The van der Waals surface area contributed by atoms with Gasteiger partial charge < -0.3 is 15.1 Å². The molecule has 0 bridgehead atoms. The van der Waals surface area contributed by atoms with E-state index in [-0.39, 0.29) is 0 Å². The van der Waals surface area contributed by atoms with Crippen LogP contribution < -0.4 is 10.2 Å². The highest BCUT2D eigenvalue weighted by Gasteiger charge is 2.39. The lowest BCUT2D eigenvalue weighted by Crippen LogP contribution is -2.56. The van der Waals surface area contributed by atoms with Gasteiger partial charge in [-0.2, -0.15) is 0 Å². The number of hydrogen-bond donors (Lipinski definition) is 1. The van der Waals surface area contributed by atoms with Crippen molar-refractivity contribution in [2.45, 2.75) is 37.8 Å². The molecule has 1 unspecified atom stereocenters. The summed E-state index contributed by atoms with van der Waals surface area (Å²) in [5.41, 5.74) is 2.95. The van der Waals surface area contributed by atoms with Crippen molar-refractivity contribution in [1.82, 2.24) is 10.2 Å². The summed E-state index contributed by atoms with van der Waals surface area (Å²) < 4.78 is 1.18. The van der Waals surface area contributed by atoms with Crippen molar-refractivity contribution in [2.24, 2.45) is 0 Å². The number of nitrogens with one attached hydrogen (secondary N) is 1. The third kappa shape index (κ3) is 3.43. The molecule has 1 aliphatic rings. The molecular formula is C17H28BrN3. The van der Waals surface area contributed by atoms with E-state index >= 15 is 0 Å². The Morgan fingerprint density at radius 2 is 1.95 bits per heavy atom. The summed E-state index contributed by atoms with van der Waals surface area (Å²) in [5, 5.41) is 3.29. The molecule has 1 N–H and O–H groups in total. The van der Waals surface area contributed by atoms with Crippen LogP contribution in [0.1, 0.15) is 37.8 Å². The fourth-order valence-electron chi connectivity index (χ4n) is 3.12. The van der Waals surface area contributed by atoms with Crippen LogP contribution in [0.15, 0.2) is 22.7 Å². The predicted octanol–water partition coefficient (Wildman–Crippen LogP) is 3.65. The highest BCUT2D eigenvalue weighted by Crippen LogP contribution is 2.38. The minimum Gasteiger partial charge on any atom is -0.373 e. The van der Waals surface area contributed by atoms with Crippen LogP contribution in [0.2, 0.25) is 0 Å². The smallest absolute Gasteiger partial charge is 0.0378 e. The molecule has 3 nitrogen and oxygen atoms in total. The van der Waals surface area contributed by atoms with Gasteiger partial charge in [0.15, 0.2) is 0 Å². The molecule has 0 saturated heterocycles. The van der Waals surface area contributed by atoms with Crippen molar-refractivity contribution in [2.75, 3.05) is 39.6 Å². The molecule has 1 aromatic carbocycles. The molecule has 4 heteroatoms. The largest absolute Gasteiger partial charge is 0.373 e. The van der Waals surface area contributed by atoms with Crippen LogP contribution in [-0.2, 0) is 0 Å². The second kappa shape index (κ2) is 6.67. The van der Waals surface area contributed by atoms with E-state index in [2.05, 4.69) is 77.3 Å². The predicted molar refractivity (Wildman–Crippen MR) is 95.2 cm³/mol. The minimum atomic E-state index is 0.359. The monoisotopic (exact) mass is 353 g/mol. The van der Waals surface area contributed by atoms with Crippen LogP contribution in [0.5, 0.6) is 0 Å². The first kappa shape index (κ1) is 16.8. The van der Waals surface area contributed by atoms with E-state index in [9.17, 15) is 0 Å². The molecule has 1 saturated carbocycles. The number of hydrogen-bond acceptors (Lipinski definition) is 3. The lowest BCUT2D eigenvalue weighted by molar-refractivity contribution is 0.0683. The Morgan fingerprint density at radius 1 is 1.29 bits per heavy atom. The van der Waals surface area contributed by atoms with Gasteiger partial charge in [0.2, 0.25) is 0 Å². The van der Waals surface area contributed by atoms with Gasteiger partial charge in [0.25, 0.3) is 0 Å². The normalized spacial score (nSPS) is 18.4. The number of likely N-dealkylation sites (N-methyl/N-ethyl adjacent to an activating group) is 2. The van der Waals surface area contributed by atoms with E-state index < -0.39 is 0 Å². The Bertz CT molecular complexity index is 483. The fraction of sp³-hybridized carbons (Fsp3) is 0.647. The Balaban J connectivity index is 2.13. The molecule has 0 aromatic heterocycles. The van der Waals surface area contributed by atoms with Gasteiger partial charge in [-0.3, -0.25) is 0 Å². The van der Waals surface area contributed by atoms with E-state index in [1.54, 1.807) is 0 Å². The molecule has 0 aliphatic heterocycles. The number of rotatable bonds is 6. The van der Waals surface area contributed by atoms with Gasteiger partial charge in [-0.15, -0.1) is 0 Å². The van der Waals surface area contributed by atoms with Gasteiger partial charge in [0.05, 0.1) is 0 Å². The number of anilines is 1. The lowest BCUT2D eigenvalue weighted by Gasteiger charge is -2.49.